The van der Waals surface area contributed by atoms with Crippen molar-refractivity contribution in [1.29, 1.82) is 0 Å². The summed E-state index contributed by atoms with van der Waals surface area (Å²) >= 11 is 9.41. The Morgan fingerprint density at radius 1 is 1.17 bits per heavy atom. The monoisotopic (exact) mass is 417 g/mol. The van der Waals surface area contributed by atoms with Crippen LogP contribution in [-0.2, 0) is 14.8 Å². The molecule has 0 spiro atoms. The minimum Gasteiger partial charge on any atom is -0.481 e. The van der Waals surface area contributed by atoms with Gasteiger partial charge in [0.25, 0.3) is 10.0 Å². The lowest BCUT2D eigenvalue weighted by Gasteiger charge is -2.25. The first-order valence-corrected chi connectivity index (χ1v) is 9.18. The molecule has 0 unspecified atom stereocenters. The first-order valence-electron chi connectivity index (χ1n) is 6.57. The number of hydrogen-bond donors (Lipinski definition) is 1. The molecule has 23 heavy (non-hydrogen) atoms. The highest BCUT2D eigenvalue weighted by atomic mass is 79.9. The number of halogens is 2. The second-order valence-corrected chi connectivity index (χ2v) is 7.81. The molecule has 8 heteroatoms. The number of anilines is 1. The maximum absolute atomic E-state index is 12.8. The fraction of sp³-hybridized carbons (Fsp3) is 0.133. The van der Waals surface area contributed by atoms with E-state index < -0.39 is 16.0 Å². The Hall–Kier alpha value is -1.57. The highest BCUT2D eigenvalue weighted by molar-refractivity contribution is 9.10. The first kappa shape index (κ1) is 17.8. The van der Waals surface area contributed by atoms with E-state index in [1.54, 1.807) is 30.3 Å². The summed E-state index contributed by atoms with van der Waals surface area (Å²) < 4.78 is 27.4. The van der Waals surface area contributed by atoms with Gasteiger partial charge in [0.2, 0.25) is 0 Å². The summed E-state index contributed by atoms with van der Waals surface area (Å²) in [6.45, 7) is -0.214. The van der Waals surface area contributed by atoms with Gasteiger partial charge < -0.3 is 5.11 Å². The van der Waals surface area contributed by atoms with Crippen LogP contribution < -0.4 is 4.31 Å². The molecule has 0 heterocycles. The molecule has 0 fully saturated rings. The van der Waals surface area contributed by atoms with Crippen LogP contribution in [0, 0.1) is 0 Å². The predicted octanol–water partition coefficient (Wildman–Crippen LogP) is 3.77. The standard InChI is InChI=1S/C15H13BrClNO4S/c16-11-6-7-14(13(17)10-11)18(9-8-15(19)20)23(21,22)12-4-2-1-3-5-12/h1-7,10H,8-9H2,(H,19,20). The minimum absolute atomic E-state index is 0.0735. The van der Waals surface area contributed by atoms with E-state index in [0.29, 0.717) is 4.47 Å². The lowest BCUT2D eigenvalue weighted by atomic mass is 10.3. The number of carboxylic acid groups (broad SMARTS) is 1. The largest absolute Gasteiger partial charge is 0.481 e. The molecule has 122 valence electrons. The molecule has 0 saturated carbocycles. The van der Waals surface area contributed by atoms with Crippen molar-refractivity contribution in [2.45, 2.75) is 11.3 Å². The smallest absolute Gasteiger partial charge is 0.305 e. The summed E-state index contributed by atoms with van der Waals surface area (Å²) in [5.41, 5.74) is 0.236. The highest BCUT2D eigenvalue weighted by Crippen LogP contribution is 2.32. The van der Waals surface area contributed by atoms with Crippen LogP contribution in [0.3, 0.4) is 0 Å². The molecule has 0 aliphatic rings. The number of carboxylic acids is 1. The summed E-state index contributed by atoms with van der Waals surface area (Å²) in [5, 5.41) is 9.11. The predicted molar refractivity (Wildman–Crippen MR) is 92.4 cm³/mol. The van der Waals surface area contributed by atoms with E-state index in [9.17, 15) is 13.2 Å². The maximum atomic E-state index is 12.8. The van der Waals surface area contributed by atoms with E-state index in [1.165, 1.54) is 18.2 Å². The SMILES string of the molecule is O=C(O)CCN(c1ccc(Br)cc1Cl)S(=O)(=O)c1ccccc1. The van der Waals surface area contributed by atoms with Crippen LogP contribution in [0.4, 0.5) is 5.69 Å². The number of hydrogen-bond acceptors (Lipinski definition) is 3. The lowest BCUT2D eigenvalue weighted by Crippen LogP contribution is -2.33. The van der Waals surface area contributed by atoms with Gasteiger partial charge in [-0.3, -0.25) is 9.10 Å². The molecule has 0 aliphatic heterocycles. The van der Waals surface area contributed by atoms with Crippen molar-refractivity contribution in [3.63, 3.8) is 0 Å². The van der Waals surface area contributed by atoms with Crippen molar-refractivity contribution in [3.05, 3.63) is 58.0 Å². The molecule has 2 aromatic carbocycles. The van der Waals surface area contributed by atoms with Crippen LogP contribution in [0.5, 0.6) is 0 Å². The number of aliphatic carboxylic acids is 1. The van der Waals surface area contributed by atoms with Crippen molar-refractivity contribution < 1.29 is 18.3 Å². The third kappa shape index (κ3) is 4.25. The van der Waals surface area contributed by atoms with Gasteiger partial charge in [-0.05, 0) is 30.3 Å². The zero-order valence-electron chi connectivity index (χ0n) is 11.8. The molecule has 0 amide bonds. The molecule has 1 N–H and O–H groups in total. The fourth-order valence-electron chi connectivity index (χ4n) is 1.97. The van der Waals surface area contributed by atoms with Crippen LogP contribution in [0.1, 0.15) is 6.42 Å². The highest BCUT2D eigenvalue weighted by Gasteiger charge is 2.27. The summed E-state index contributed by atoms with van der Waals surface area (Å²) in [6, 6.07) is 12.6. The van der Waals surface area contributed by atoms with Gasteiger partial charge in [-0.2, -0.15) is 0 Å². The quantitative estimate of drug-likeness (QED) is 0.775. The third-order valence-electron chi connectivity index (χ3n) is 3.04. The number of sulfonamides is 1. The van der Waals surface area contributed by atoms with E-state index in [2.05, 4.69) is 15.9 Å². The van der Waals surface area contributed by atoms with Crippen LogP contribution >= 0.6 is 27.5 Å². The van der Waals surface area contributed by atoms with Gasteiger partial charge in [0.1, 0.15) is 0 Å². The van der Waals surface area contributed by atoms with E-state index in [1.807, 2.05) is 0 Å². The van der Waals surface area contributed by atoms with Crippen molar-refractivity contribution in [2.75, 3.05) is 10.8 Å². The van der Waals surface area contributed by atoms with Gasteiger partial charge in [-0.1, -0.05) is 45.7 Å². The van der Waals surface area contributed by atoms with Crippen LogP contribution in [-0.4, -0.2) is 26.0 Å². The molecule has 2 aromatic rings. The lowest BCUT2D eigenvalue weighted by molar-refractivity contribution is -0.136. The topological polar surface area (TPSA) is 74.7 Å². The normalized spacial score (nSPS) is 11.2. The number of nitrogens with zero attached hydrogens (tertiary/aromatic N) is 1. The van der Waals surface area contributed by atoms with Gasteiger partial charge in [0.05, 0.1) is 22.0 Å². The Balaban J connectivity index is 2.52. The van der Waals surface area contributed by atoms with E-state index in [-0.39, 0.29) is 28.6 Å². The Morgan fingerprint density at radius 3 is 2.39 bits per heavy atom. The summed E-state index contributed by atoms with van der Waals surface area (Å²) in [4.78, 5) is 10.9. The molecule has 2 rings (SSSR count). The zero-order valence-corrected chi connectivity index (χ0v) is 15.0. The Kier molecular flexibility index (Phi) is 5.67. The summed E-state index contributed by atoms with van der Waals surface area (Å²) in [5.74, 6) is -1.09. The summed E-state index contributed by atoms with van der Waals surface area (Å²) in [6.07, 6.45) is -0.335. The Morgan fingerprint density at radius 2 is 1.83 bits per heavy atom. The molecule has 0 aromatic heterocycles. The molecule has 0 radical (unpaired) electrons. The van der Waals surface area contributed by atoms with Gasteiger partial charge in [0.15, 0.2) is 0 Å². The fourth-order valence-corrected chi connectivity index (χ4v) is 4.30. The molecular formula is C15H13BrClNO4S. The zero-order chi connectivity index (χ0) is 17.0. The van der Waals surface area contributed by atoms with Gasteiger partial charge >= 0.3 is 5.97 Å². The number of rotatable bonds is 6. The molecule has 5 nitrogen and oxygen atoms in total. The van der Waals surface area contributed by atoms with Gasteiger partial charge in [-0.25, -0.2) is 8.42 Å². The van der Waals surface area contributed by atoms with Crippen molar-refractivity contribution in [3.8, 4) is 0 Å². The molecule has 0 atom stereocenters. The van der Waals surface area contributed by atoms with Crippen LogP contribution in [0.15, 0.2) is 57.9 Å². The minimum atomic E-state index is -3.91. The van der Waals surface area contributed by atoms with E-state index in [0.717, 1.165) is 4.31 Å². The molecular weight excluding hydrogens is 406 g/mol. The van der Waals surface area contributed by atoms with Crippen molar-refractivity contribution in [1.82, 2.24) is 0 Å². The van der Waals surface area contributed by atoms with E-state index >= 15 is 0 Å². The second-order valence-electron chi connectivity index (χ2n) is 4.63. The molecule has 0 saturated heterocycles. The Bertz CT molecular complexity index is 811. The van der Waals surface area contributed by atoms with Crippen LogP contribution in [0.25, 0.3) is 0 Å². The van der Waals surface area contributed by atoms with Gasteiger partial charge in [-0.15, -0.1) is 0 Å². The van der Waals surface area contributed by atoms with E-state index in [4.69, 9.17) is 16.7 Å². The van der Waals surface area contributed by atoms with Gasteiger partial charge in [0, 0.05) is 11.0 Å². The Labute approximate surface area is 147 Å². The molecule has 0 bridgehead atoms. The van der Waals surface area contributed by atoms with Crippen molar-refractivity contribution in [2.24, 2.45) is 0 Å². The average molecular weight is 419 g/mol. The molecule has 0 aliphatic carbocycles. The van der Waals surface area contributed by atoms with Crippen LogP contribution in [0.2, 0.25) is 5.02 Å². The third-order valence-corrected chi connectivity index (χ3v) is 5.66. The average Bonchev–Trinajstić information content (AvgIpc) is 2.49. The number of benzene rings is 2. The van der Waals surface area contributed by atoms with Crippen molar-refractivity contribution >= 4 is 49.2 Å². The second kappa shape index (κ2) is 7.33. The number of carbonyl (C=O) groups is 1. The maximum Gasteiger partial charge on any atom is 0.305 e. The summed E-state index contributed by atoms with van der Waals surface area (Å²) in [7, 11) is -3.91. The first-order chi connectivity index (χ1) is 10.8.